The van der Waals surface area contributed by atoms with Crippen LogP contribution in [0.2, 0.25) is 0 Å². The number of benzene rings is 6. The Morgan fingerprint density at radius 3 is 0.289 bits per heavy atom. The molecule has 0 saturated carbocycles. The molecule has 0 fully saturated rings. The van der Waals surface area contributed by atoms with E-state index in [-0.39, 0.29) is 0 Å². The molecule has 6 aromatic carbocycles. The zero-order chi connectivity index (χ0) is 70.5. The van der Waals surface area contributed by atoms with E-state index in [1.165, 1.54) is 167 Å². The van der Waals surface area contributed by atoms with Gasteiger partial charge in [0.2, 0.25) is 0 Å². The van der Waals surface area contributed by atoms with Crippen molar-refractivity contribution < 1.29 is 0 Å². The minimum absolute atomic E-state index is 0.628. The zero-order valence-electron chi connectivity index (χ0n) is 67.4. The van der Waals surface area contributed by atoms with Crippen LogP contribution >= 0.6 is 0 Å². The van der Waals surface area contributed by atoms with Gasteiger partial charge in [-0.3, -0.25) is 0 Å². The summed E-state index contributed by atoms with van der Waals surface area (Å²) in [7, 11) is 0. The van der Waals surface area contributed by atoms with E-state index in [1.54, 1.807) is 0 Å². The van der Waals surface area contributed by atoms with Crippen molar-refractivity contribution in [1.82, 2.24) is 0 Å². The summed E-state index contributed by atoms with van der Waals surface area (Å²) in [6.07, 6.45) is 0. The first-order valence-electron chi connectivity index (χ1n) is 35.8. The van der Waals surface area contributed by atoms with Gasteiger partial charge in [-0.15, -0.1) is 0 Å². The molecule has 0 aliphatic rings. The number of aryl methyl sites for hydroxylation is 6. The van der Waals surface area contributed by atoms with Crippen molar-refractivity contribution in [3.63, 3.8) is 0 Å². The number of rotatable bonds is 12. The van der Waals surface area contributed by atoms with Crippen molar-refractivity contribution >= 4 is 0 Å². The third-order valence-corrected chi connectivity index (χ3v) is 20.4. The van der Waals surface area contributed by atoms with Gasteiger partial charge in [-0.05, 0) is 363 Å². The van der Waals surface area contributed by atoms with Crippen molar-refractivity contribution in [1.29, 1.82) is 0 Å². The lowest BCUT2D eigenvalue weighted by Gasteiger charge is -2.21. The monoisotopic (exact) mass is 1230 g/mol. The van der Waals surface area contributed by atoms with E-state index in [2.05, 4.69) is 327 Å². The Bertz CT molecular complexity index is 2710. The Hall–Kier alpha value is -4.68. The van der Waals surface area contributed by atoms with Gasteiger partial charge in [0.1, 0.15) is 0 Å². The molecule has 6 rings (SSSR count). The standard InChI is InChI=1S/6C15H24/c6*1-9(2)14-8-11(5)15(10(3)4)13(7)12(14)6/h6*8-10H,1-7H3. The van der Waals surface area contributed by atoms with Gasteiger partial charge in [0, 0.05) is 0 Å². The van der Waals surface area contributed by atoms with Gasteiger partial charge in [-0.2, -0.15) is 0 Å². The maximum atomic E-state index is 2.38. The zero-order valence-corrected chi connectivity index (χ0v) is 67.4. The fourth-order valence-corrected chi connectivity index (χ4v) is 15.7. The maximum Gasteiger partial charge on any atom is -0.0213 e. The topological polar surface area (TPSA) is 0 Å². The van der Waals surface area contributed by atoms with E-state index in [4.69, 9.17) is 0 Å². The molecule has 0 aromatic heterocycles. The highest BCUT2D eigenvalue weighted by Crippen LogP contribution is 2.37. The molecule has 0 aliphatic carbocycles. The smallest absolute Gasteiger partial charge is 0.0213 e. The van der Waals surface area contributed by atoms with Crippen LogP contribution in [0.5, 0.6) is 0 Å². The molecule has 0 atom stereocenters. The van der Waals surface area contributed by atoms with Crippen LogP contribution in [0.3, 0.4) is 0 Å². The lowest BCUT2D eigenvalue weighted by molar-refractivity contribution is 0.816. The van der Waals surface area contributed by atoms with Crippen molar-refractivity contribution in [3.8, 4) is 0 Å². The van der Waals surface area contributed by atoms with Crippen LogP contribution in [0.4, 0.5) is 0 Å². The highest BCUT2D eigenvalue weighted by Gasteiger charge is 2.20. The Morgan fingerprint density at radius 1 is 0.133 bits per heavy atom. The third-order valence-electron chi connectivity index (χ3n) is 20.4. The van der Waals surface area contributed by atoms with Gasteiger partial charge in [0.05, 0.1) is 0 Å². The second-order valence-corrected chi connectivity index (χ2v) is 31.5. The first-order chi connectivity index (χ1) is 41.1. The van der Waals surface area contributed by atoms with Crippen molar-refractivity contribution in [2.75, 3.05) is 0 Å². The lowest BCUT2D eigenvalue weighted by Crippen LogP contribution is -2.03. The van der Waals surface area contributed by atoms with Crippen LogP contribution in [-0.4, -0.2) is 0 Å². The maximum absolute atomic E-state index is 2.38. The van der Waals surface area contributed by atoms with E-state index in [9.17, 15) is 0 Å². The molecule has 0 bridgehead atoms. The second kappa shape index (κ2) is 36.1. The molecule has 0 heterocycles. The van der Waals surface area contributed by atoms with Crippen LogP contribution in [0, 0.1) is 125 Å². The van der Waals surface area contributed by atoms with Gasteiger partial charge >= 0.3 is 0 Å². The molecule has 0 N–H and O–H groups in total. The first kappa shape index (κ1) is 83.3. The van der Waals surface area contributed by atoms with E-state index in [1.807, 2.05) is 0 Å². The van der Waals surface area contributed by atoms with Crippen LogP contribution in [0.15, 0.2) is 36.4 Å². The van der Waals surface area contributed by atoms with Gasteiger partial charge in [-0.1, -0.05) is 203 Å². The highest BCUT2D eigenvalue weighted by atomic mass is 14.3. The molecular formula is C90H144. The summed E-state index contributed by atoms with van der Waals surface area (Å²) in [4.78, 5) is 0. The van der Waals surface area contributed by atoms with Gasteiger partial charge in [0.15, 0.2) is 0 Å². The molecule has 504 valence electrons. The summed E-state index contributed by atoms with van der Waals surface area (Å²) in [5.41, 5.74) is 44.9. The molecule has 90 heavy (non-hydrogen) atoms. The summed E-state index contributed by atoms with van der Waals surface area (Å²) in [6, 6.07) is 14.3. The van der Waals surface area contributed by atoms with Crippen LogP contribution in [-0.2, 0) is 0 Å². The normalized spacial score (nSPS) is 11.5. The summed E-state index contributed by atoms with van der Waals surface area (Å²) in [5, 5.41) is 0. The Kier molecular flexibility index (Phi) is 33.4. The fourth-order valence-electron chi connectivity index (χ4n) is 15.7. The molecule has 0 radical (unpaired) electrons. The van der Waals surface area contributed by atoms with Crippen molar-refractivity contribution in [3.05, 3.63) is 203 Å². The van der Waals surface area contributed by atoms with E-state index in [0.29, 0.717) is 71.0 Å². The number of hydrogen-bond donors (Lipinski definition) is 0. The van der Waals surface area contributed by atoms with E-state index in [0.717, 1.165) is 0 Å². The molecule has 0 unspecified atom stereocenters. The Labute approximate surface area is 561 Å². The second-order valence-electron chi connectivity index (χ2n) is 31.5. The summed E-state index contributed by atoms with van der Waals surface area (Å²) < 4.78 is 0. The van der Waals surface area contributed by atoms with Gasteiger partial charge in [-0.25, -0.2) is 0 Å². The Morgan fingerprint density at radius 2 is 0.222 bits per heavy atom. The van der Waals surface area contributed by atoms with Crippen LogP contribution in [0.25, 0.3) is 0 Å². The highest BCUT2D eigenvalue weighted by molar-refractivity contribution is 5.52. The van der Waals surface area contributed by atoms with Crippen LogP contribution < -0.4 is 0 Å². The van der Waals surface area contributed by atoms with Crippen LogP contribution in [0.1, 0.15) is 404 Å². The summed E-state index contributed by atoms with van der Waals surface area (Å²) in [5.74, 6) is 7.55. The van der Waals surface area contributed by atoms with E-state index < -0.39 is 0 Å². The van der Waals surface area contributed by atoms with Crippen molar-refractivity contribution in [2.24, 2.45) is 0 Å². The molecule has 0 spiro atoms. The Balaban J connectivity index is 0.000000540. The SMILES string of the molecule is Cc1cc(C(C)C)c(C)c(C)c1C(C)C.Cc1cc(C(C)C)c(C)c(C)c1C(C)C.Cc1cc(C(C)C)c(C)c(C)c1C(C)C.Cc1cc(C(C)C)c(C)c(C)c1C(C)C.Cc1cc(C(C)C)c(C)c(C)c1C(C)C.Cc1cc(C(C)C)c(C)c(C)c1C(C)C. The fraction of sp³-hybridized carbons (Fsp3) is 0.600. The minimum Gasteiger partial charge on any atom is -0.0587 e. The van der Waals surface area contributed by atoms with Gasteiger partial charge < -0.3 is 0 Å². The van der Waals surface area contributed by atoms with E-state index >= 15 is 0 Å². The predicted octanol–water partition coefficient (Wildman–Crippen LogP) is 29.2. The molecule has 0 amide bonds. The van der Waals surface area contributed by atoms with Gasteiger partial charge in [0.25, 0.3) is 0 Å². The lowest BCUT2D eigenvalue weighted by atomic mass is 9.85. The molecule has 0 aliphatic heterocycles. The molecule has 0 nitrogen and oxygen atoms in total. The molecule has 0 saturated heterocycles. The summed E-state index contributed by atoms with van der Waals surface area (Å²) in [6.45, 7) is 95.3. The molecule has 6 aromatic rings. The molecule has 0 heteroatoms. The molecular weight excluding hydrogens is 1080 g/mol. The van der Waals surface area contributed by atoms with Crippen molar-refractivity contribution in [2.45, 2.75) is 362 Å². The minimum atomic E-state index is 0.628. The predicted molar refractivity (Wildman–Crippen MR) is 413 cm³/mol. The average molecular weight is 1230 g/mol. The summed E-state index contributed by atoms with van der Waals surface area (Å²) >= 11 is 0. The number of hydrogen-bond acceptors (Lipinski definition) is 0. The third kappa shape index (κ3) is 21.2. The quantitative estimate of drug-likeness (QED) is 0.115. The first-order valence-corrected chi connectivity index (χ1v) is 35.8. The largest absolute Gasteiger partial charge is 0.0587 e. The average Bonchev–Trinajstić information content (AvgIpc) is 1.13.